The van der Waals surface area contributed by atoms with Crippen LogP contribution in [0, 0.1) is 0 Å². The number of aromatic amines is 1. The number of hydrogen-bond acceptors (Lipinski definition) is 4. The number of pyridine rings is 1. The molecule has 142 valence electrons. The summed E-state index contributed by atoms with van der Waals surface area (Å²) in [6, 6.07) is 22.5. The molecule has 0 radical (unpaired) electrons. The topological polar surface area (TPSA) is 87.7 Å². The van der Waals surface area contributed by atoms with Crippen LogP contribution in [0.3, 0.4) is 0 Å². The van der Waals surface area contributed by atoms with Gasteiger partial charge < -0.3 is 5.32 Å². The van der Waals surface area contributed by atoms with Gasteiger partial charge in [0.15, 0.2) is 0 Å². The van der Waals surface area contributed by atoms with Crippen molar-refractivity contribution in [3.63, 3.8) is 0 Å². The Morgan fingerprint density at radius 3 is 2.24 bits per heavy atom. The highest BCUT2D eigenvalue weighted by molar-refractivity contribution is 6.03. The lowest BCUT2D eigenvalue weighted by molar-refractivity contribution is 0.0950. The monoisotopic (exact) mass is 382 g/mol. The van der Waals surface area contributed by atoms with Gasteiger partial charge in [0, 0.05) is 30.1 Å². The number of carbonyl (C=O) groups excluding carboxylic acids is 1. The van der Waals surface area contributed by atoms with E-state index in [1.807, 2.05) is 66.7 Å². The first kappa shape index (κ1) is 18.3. The van der Waals surface area contributed by atoms with Crippen molar-refractivity contribution in [2.24, 2.45) is 0 Å². The fourth-order valence-corrected chi connectivity index (χ4v) is 3.13. The molecule has 2 aromatic heterocycles. The molecule has 1 amide bonds. The van der Waals surface area contributed by atoms with Crippen LogP contribution in [-0.2, 0) is 6.54 Å². The molecule has 0 saturated heterocycles. The highest BCUT2D eigenvalue weighted by Gasteiger charge is 2.22. The average molecular weight is 382 g/mol. The molecule has 0 aliphatic heterocycles. The first-order valence-corrected chi connectivity index (χ1v) is 9.14. The van der Waals surface area contributed by atoms with Crippen LogP contribution in [-0.4, -0.2) is 21.1 Å². The first-order chi connectivity index (χ1) is 14.2. The molecule has 4 rings (SSSR count). The molecular weight excluding hydrogens is 364 g/mol. The van der Waals surface area contributed by atoms with Gasteiger partial charge in [0.25, 0.3) is 11.5 Å². The minimum absolute atomic E-state index is 0.0361. The van der Waals surface area contributed by atoms with E-state index in [0.717, 1.165) is 16.7 Å². The third kappa shape index (κ3) is 3.96. The van der Waals surface area contributed by atoms with E-state index < -0.39 is 11.5 Å². The number of amides is 1. The number of benzene rings is 2. The predicted molar refractivity (Wildman–Crippen MR) is 111 cm³/mol. The summed E-state index contributed by atoms with van der Waals surface area (Å²) in [4.78, 5) is 29.7. The van der Waals surface area contributed by atoms with Crippen LogP contribution in [0.4, 0.5) is 0 Å². The SMILES string of the molecule is O=C(NCc1cccnc1)c1c(-c2ccccc2)c(-c2ccccc2)n[nH]c1=O. The van der Waals surface area contributed by atoms with Crippen LogP contribution in [0.15, 0.2) is 90.0 Å². The maximum atomic E-state index is 13.0. The third-order valence-electron chi connectivity index (χ3n) is 4.50. The zero-order valence-electron chi connectivity index (χ0n) is 15.5. The van der Waals surface area contributed by atoms with Crippen LogP contribution in [0.5, 0.6) is 0 Å². The normalized spacial score (nSPS) is 10.5. The fourth-order valence-electron chi connectivity index (χ4n) is 3.13. The van der Waals surface area contributed by atoms with Crippen LogP contribution in [0.1, 0.15) is 15.9 Å². The van der Waals surface area contributed by atoms with Gasteiger partial charge in [0.05, 0.1) is 5.69 Å². The number of nitrogens with zero attached hydrogens (tertiary/aromatic N) is 2. The van der Waals surface area contributed by atoms with Gasteiger partial charge in [-0.3, -0.25) is 14.6 Å². The summed E-state index contributed by atoms with van der Waals surface area (Å²) in [5, 5.41) is 9.55. The largest absolute Gasteiger partial charge is 0.348 e. The second kappa shape index (κ2) is 8.31. The van der Waals surface area contributed by atoms with Gasteiger partial charge in [0.1, 0.15) is 5.56 Å². The molecule has 0 aliphatic carbocycles. The molecule has 2 N–H and O–H groups in total. The Bertz CT molecular complexity index is 1170. The molecule has 0 saturated carbocycles. The molecule has 0 bridgehead atoms. The van der Waals surface area contributed by atoms with Gasteiger partial charge in [0.2, 0.25) is 0 Å². The van der Waals surface area contributed by atoms with E-state index in [0.29, 0.717) is 11.3 Å². The van der Waals surface area contributed by atoms with E-state index in [1.54, 1.807) is 18.5 Å². The Morgan fingerprint density at radius 1 is 0.897 bits per heavy atom. The first-order valence-electron chi connectivity index (χ1n) is 9.14. The van der Waals surface area contributed by atoms with Crippen LogP contribution in [0.2, 0.25) is 0 Å². The van der Waals surface area contributed by atoms with E-state index in [9.17, 15) is 9.59 Å². The number of aromatic nitrogens is 3. The summed E-state index contributed by atoms with van der Waals surface area (Å²) in [5.74, 6) is -0.464. The number of H-pyrrole nitrogens is 1. The lowest BCUT2D eigenvalue weighted by Gasteiger charge is -2.14. The quantitative estimate of drug-likeness (QED) is 0.554. The molecule has 0 spiro atoms. The van der Waals surface area contributed by atoms with Crippen molar-refractivity contribution in [3.8, 4) is 22.4 Å². The van der Waals surface area contributed by atoms with Crippen LogP contribution < -0.4 is 10.9 Å². The Kier molecular flexibility index (Phi) is 5.25. The Morgan fingerprint density at radius 2 is 1.59 bits per heavy atom. The highest BCUT2D eigenvalue weighted by atomic mass is 16.2. The molecule has 4 aromatic rings. The second-order valence-corrected chi connectivity index (χ2v) is 6.43. The molecule has 2 aromatic carbocycles. The van der Waals surface area contributed by atoms with Gasteiger partial charge in [-0.25, -0.2) is 5.10 Å². The lowest BCUT2D eigenvalue weighted by Crippen LogP contribution is -2.31. The van der Waals surface area contributed by atoms with E-state index >= 15 is 0 Å². The summed E-state index contributed by atoms with van der Waals surface area (Å²) in [7, 11) is 0. The molecule has 2 heterocycles. The lowest BCUT2D eigenvalue weighted by atomic mass is 9.95. The Balaban J connectivity index is 1.82. The highest BCUT2D eigenvalue weighted by Crippen LogP contribution is 2.31. The Hall–Kier alpha value is -4.06. The van der Waals surface area contributed by atoms with Gasteiger partial charge >= 0.3 is 0 Å². The van der Waals surface area contributed by atoms with Gasteiger partial charge in [-0.2, -0.15) is 5.10 Å². The minimum Gasteiger partial charge on any atom is -0.348 e. The van der Waals surface area contributed by atoms with Crippen molar-refractivity contribution in [1.29, 1.82) is 0 Å². The molecular formula is C23H18N4O2. The molecule has 29 heavy (non-hydrogen) atoms. The summed E-state index contributed by atoms with van der Waals surface area (Å²) in [6.07, 6.45) is 3.34. The smallest absolute Gasteiger partial charge is 0.277 e. The second-order valence-electron chi connectivity index (χ2n) is 6.43. The van der Waals surface area contributed by atoms with Crippen molar-refractivity contribution in [3.05, 3.63) is 107 Å². The average Bonchev–Trinajstić information content (AvgIpc) is 2.79. The van der Waals surface area contributed by atoms with Crippen molar-refractivity contribution in [2.75, 3.05) is 0 Å². The summed E-state index contributed by atoms with van der Waals surface area (Å²) in [6.45, 7) is 0.267. The molecule has 0 atom stereocenters. The van der Waals surface area contributed by atoms with E-state index in [1.165, 1.54) is 0 Å². The number of rotatable bonds is 5. The molecule has 0 aliphatic rings. The zero-order chi connectivity index (χ0) is 20.1. The van der Waals surface area contributed by atoms with E-state index in [-0.39, 0.29) is 12.1 Å². The van der Waals surface area contributed by atoms with Crippen molar-refractivity contribution >= 4 is 5.91 Å². The van der Waals surface area contributed by atoms with Crippen molar-refractivity contribution < 1.29 is 4.79 Å². The number of nitrogens with one attached hydrogen (secondary N) is 2. The van der Waals surface area contributed by atoms with E-state index in [2.05, 4.69) is 20.5 Å². The molecule has 6 nitrogen and oxygen atoms in total. The standard InChI is InChI=1S/C23H18N4O2/c28-22(25-15-16-8-7-13-24-14-16)20-19(17-9-3-1-4-10-17)21(26-27-23(20)29)18-11-5-2-6-12-18/h1-14H,15H2,(H,25,28)(H,27,29). The minimum atomic E-state index is -0.535. The summed E-state index contributed by atoms with van der Waals surface area (Å²) in [5.41, 5.74) is 2.95. The Labute approximate surface area is 167 Å². The molecule has 0 unspecified atom stereocenters. The zero-order valence-corrected chi connectivity index (χ0v) is 15.5. The maximum Gasteiger partial charge on any atom is 0.277 e. The summed E-state index contributed by atoms with van der Waals surface area (Å²) < 4.78 is 0. The fraction of sp³-hybridized carbons (Fsp3) is 0.0435. The van der Waals surface area contributed by atoms with E-state index in [4.69, 9.17) is 0 Å². The maximum absolute atomic E-state index is 13.0. The number of carbonyl (C=O) groups is 1. The number of hydrogen-bond donors (Lipinski definition) is 2. The van der Waals surface area contributed by atoms with Crippen molar-refractivity contribution in [2.45, 2.75) is 6.54 Å². The van der Waals surface area contributed by atoms with Gasteiger partial charge in [-0.1, -0.05) is 66.7 Å². The van der Waals surface area contributed by atoms with Gasteiger partial charge in [-0.15, -0.1) is 0 Å². The molecule has 6 heteroatoms. The molecule has 0 fully saturated rings. The van der Waals surface area contributed by atoms with Crippen LogP contribution >= 0.6 is 0 Å². The van der Waals surface area contributed by atoms with Gasteiger partial charge in [-0.05, 0) is 17.2 Å². The summed E-state index contributed by atoms with van der Waals surface area (Å²) >= 11 is 0. The predicted octanol–water partition coefficient (Wildman–Crippen LogP) is 3.43. The van der Waals surface area contributed by atoms with Crippen LogP contribution in [0.25, 0.3) is 22.4 Å². The van der Waals surface area contributed by atoms with Crippen molar-refractivity contribution in [1.82, 2.24) is 20.5 Å². The third-order valence-corrected chi connectivity index (χ3v) is 4.50.